The number of benzene rings is 2. The van der Waals surface area contributed by atoms with Crippen LogP contribution < -0.4 is 20.1 Å². The zero-order chi connectivity index (χ0) is 49.3. The third-order valence-electron chi connectivity index (χ3n) is 11.1. The molecule has 6 unspecified atom stereocenters. The smallest absolute Gasteiger partial charge is 0.335 e. The number of aliphatic carboxylic acids is 2. The third kappa shape index (κ3) is 23.0. The predicted octanol–water partition coefficient (Wildman–Crippen LogP) is 7.09. The number of aliphatic hydroxyl groups excluding tert-OH is 2. The van der Waals surface area contributed by atoms with Crippen LogP contribution in [-0.4, -0.2) is 163 Å². The average Bonchev–Trinajstić information content (AvgIpc) is 4.15. The van der Waals surface area contributed by atoms with E-state index in [2.05, 4.69) is 56.1 Å². The van der Waals surface area contributed by atoms with Crippen LogP contribution in [0.5, 0.6) is 11.5 Å². The van der Waals surface area contributed by atoms with Crippen LogP contribution in [0.25, 0.3) is 0 Å². The molecule has 4 fully saturated rings. The second-order valence-electron chi connectivity index (χ2n) is 16.7. The zero-order valence-corrected chi connectivity index (χ0v) is 43.5. The Kier molecular flexibility index (Phi) is 27.4. The summed E-state index contributed by atoms with van der Waals surface area (Å²) in [6.45, 7) is 5.40. The molecule has 2 aromatic rings. The van der Waals surface area contributed by atoms with Crippen molar-refractivity contribution in [2.24, 2.45) is 0 Å². The minimum atomic E-state index is -2.27. The molecule has 6 N–H and O–H groups in total. The van der Waals surface area contributed by atoms with Crippen LogP contribution in [0.15, 0.2) is 48.5 Å². The molecule has 4 heterocycles. The molecule has 0 aromatic heterocycles. The fourth-order valence-electron chi connectivity index (χ4n) is 7.05. The van der Waals surface area contributed by atoms with Gasteiger partial charge in [0, 0.05) is 35.1 Å². The molecule has 4 saturated heterocycles. The first-order valence-electron chi connectivity index (χ1n) is 22.9. The maximum absolute atomic E-state index is 11.6. The molecule has 6 atom stereocenters. The molecule has 0 spiro atoms. The van der Waals surface area contributed by atoms with Gasteiger partial charge in [0.1, 0.15) is 24.7 Å². The highest BCUT2D eigenvalue weighted by atomic mass is 33.1. The number of rotatable bonds is 27. The minimum Gasteiger partial charge on any atom is -0.492 e. The first-order chi connectivity index (χ1) is 32.7. The minimum absolute atomic E-state index is 0.195. The van der Waals surface area contributed by atoms with E-state index in [1.807, 2.05) is 70.1 Å². The molecular weight excluding hydrogens is 993 g/mol. The number of ether oxygens (including phenoxy) is 2. The van der Waals surface area contributed by atoms with Crippen molar-refractivity contribution in [3.63, 3.8) is 0 Å². The fourth-order valence-corrected chi connectivity index (χ4v) is 14.8. The fraction of sp³-hybridized carbons (Fsp3) is 0.609. The Balaban J connectivity index is 0.000000248. The highest BCUT2D eigenvalue weighted by molar-refractivity contribution is 8.77. The summed E-state index contributed by atoms with van der Waals surface area (Å²) in [6.07, 6.45) is 9.97. The molecule has 6 rings (SSSR count). The second kappa shape index (κ2) is 32.2. The van der Waals surface area contributed by atoms with Gasteiger partial charge in [-0.15, -0.1) is 0 Å². The predicted molar refractivity (Wildman–Crippen MR) is 277 cm³/mol. The van der Waals surface area contributed by atoms with Crippen LogP contribution >= 0.6 is 66.7 Å². The summed E-state index contributed by atoms with van der Waals surface area (Å²) in [6, 6.07) is 15.6. The molecule has 378 valence electrons. The number of likely N-dealkylation sites (N-methyl/N-ethyl adjacent to an activating group) is 2. The first kappa shape index (κ1) is 57.8. The van der Waals surface area contributed by atoms with Gasteiger partial charge in [-0.1, -0.05) is 117 Å². The van der Waals surface area contributed by atoms with Crippen LogP contribution in [-0.2, 0) is 32.0 Å². The van der Waals surface area contributed by atoms with Crippen molar-refractivity contribution in [1.82, 2.24) is 20.4 Å². The van der Waals surface area contributed by atoms with E-state index in [0.717, 1.165) is 82.8 Å². The second-order valence-corrected chi connectivity index (χ2v) is 24.6. The van der Waals surface area contributed by atoms with E-state index >= 15 is 0 Å². The number of carbonyl (C=O) groups excluding carboxylic acids is 4. The van der Waals surface area contributed by atoms with Crippen molar-refractivity contribution in [3.05, 3.63) is 59.7 Å². The van der Waals surface area contributed by atoms with E-state index in [9.17, 15) is 28.8 Å². The molecule has 4 aliphatic rings. The van der Waals surface area contributed by atoms with Crippen LogP contribution in [0.2, 0.25) is 0 Å². The summed E-state index contributed by atoms with van der Waals surface area (Å²) >= 11 is 2.13. The number of carbonyl (C=O) groups is 6. The number of carboxylic acids is 2. The molecule has 22 heteroatoms. The van der Waals surface area contributed by atoms with Gasteiger partial charge >= 0.3 is 11.9 Å². The van der Waals surface area contributed by atoms with Gasteiger partial charge in [0.25, 0.3) is 10.5 Å². The Bertz CT molecular complexity index is 1740. The lowest BCUT2D eigenvalue weighted by Crippen LogP contribution is -2.39. The van der Waals surface area contributed by atoms with Crippen molar-refractivity contribution in [2.45, 2.75) is 110 Å². The molecule has 0 aliphatic carbocycles. The number of nitrogens with one attached hydrogen (secondary N) is 2. The SMILES string of the molecule is CN(CCCCCC1CCSS1)CCOc1ccc(CC2SC(=O)NC2=O)cc1.CN(CCCCCC1CCSS1)CCOc1ccc(CC2SC(=O)NC2=O)cc1.O=C(O)C(O)C(O)C(=O)O. The van der Waals surface area contributed by atoms with Gasteiger partial charge in [-0.3, -0.25) is 29.8 Å². The number of carboxylic acid groups (broad SMARTS) is 2. The number of hydrogen-bond acceptors (Lipinski definition) is 18. The molecule has 0 radical (unpaired) electrons. The summed E-state index contributed by atoms with van der Waals surface area (Å²) in [5, 5.41) is 37.8. The Hall–Kier alpha value is -2.80. The van der Waals surface area contributed by atoms with Crippen molar-refractivity contribution in [1.29, 1.82) is 0 Å². The lowest BCUT2D eigenvalue weighted by Gasteiger charge is -2.17. The monoisotopic (exact) mass is 1060 g/mol. The van der Waals surface area contributed by atoms with Crippen molar-refractivity contribution in [2.75, 3.05) is 65.0 Å². The molecule has 0 saturated carbocycles. The third-order valence-corrected chi connectivity index (χ3v) is 19.1. The maximum Gasteiger partial charge on any atom is 0.335 e. The Morgan fingerprint density at radius 3 is 1.29 bits per heavy atom. The van der Waals surface area contributed by atoms with E-state index < -0.39 is 24.1 Å². The maximum atomic E-state index is 11.6. The van der Waals surface area contributed by atoms with Crippen molar-refractivity contribution in [3.8, 4) is 11.5 Å². The quantitative estimate of drug-likeness (QED) is 0.0387. The lowest BCUT2D eigenvalue weighted by molar-refractivity contribution is -0.165. The van der Waals surface area contributed by atoms with Crippen molar-refractivity contribution >= 4 is 101 Å². The first-order valence-corrected chi connectivity index (χ1v) is 29.4. The largest absolute Gasteiger partial charge is 0.492 e. The van der Waals surface area contributed by atoms with E-state index in [1.54, 1.807) is 0 Å². The van der Waals surface area contributed by atoms with Crippen LogP contribution in [0, 0.1) is 0 Å². The summed E-state index contributed by atoms with van der Waals surface area (Å²) < 4.78 is 11.7. The standard InChI is InChI=1S/2C21H30N2O3S3.C4H6O6/c2*1-23(11-4-2-3-5-18-10-14-27-29-18)12-13-26-17-8-6-16(7-9-17)15-19-20(24)22-21(25)28-19;5-1(3(7)8)2(6)4(9)10/h2*6-9,18-19H,2-5,10-15H2,1H3,(H,22,24,25);1-2,5-6H,(H,7,8)(H,9,10). The molecule has 4 aliphatic heterocycles. The van der Waals surface area contributed by atoms with Gasteiger partial charge in [-0.05, 0) is 114 Å². The Morgan fingerprint density at radius 1 is 0.603 bits per heavy atom. The number of amides is 4. The molecule has 16 nitrogen and oxygen atoms in total. The number of aliphatic hydroxyl groups is 2. The molecule has 2 aromatic carbocycles. The number of unbranched alkanes of at least 4 members (excludes halogenated alkanes) is 4. The molecule has 4 amide bonds. The van der Waals surface area contributed by atoms with Gasteiger partial charge in [0.05, 0.1) is 10.5 Å². The number of imide groups is 2. The van der Waals surface area contributed by atoms with Gasteiger partial charge in [-0.25, -0.2) is 9.59 Å². The Morgan fingerprint density at radius 2 is 0.985 bits per heavy atom. The highest BCUT2D eigenvalue weighted by Crippen LogP contribution is 2.40. The summed E-state index contributed by atoms with van der Waals surface area (Å²) in [5.74, 6) is 0.420. The summed E-state index contributed by atoms with van der Waals surface area (Å²) in [5.41, 5.74) is 2.07. The van der Waals surface area contributed by atoms with Gasteiger partial charge in [0.2, 0.25) is 11.8 Å². The Labute approximate surface area is 423 Å². The number of thioether (sulfide) groups is 2. The highest BCUT2D eigenvalue weighted by Gasteiger charge is 2.33. The van der Waals surface area contributed by atoms with E-state index in [4.69, 9.17) is 29.9 Å². The molecule has 68 heavy (non-hydrogen) atoms. The topological polar surface area (TPSA) is 232 Å². The van der Waals surface area contributed by atoms with Crippen LogP contribution in [0.3, 0.4) is 0 Å². The van der Waals surface area contributed by atoms with E-state index in [-0.39, 0.29) is 32.8 Å². The van der Waals surface area contributed by atoms with Gasteiger partial charge in [0.15, 0.2) is 12.2 Å². The molecular formula is C46H66N4O12S6. The number of hydrogen-bond donors (Lipinski definition) is 6. The number of nitrogens with zero attached hydrogens (tertiary/aromatic N) is 2. The summed E-state index contributed by atoms with van der Waals surface area (Å²) in [4.78, 5) is 70.0. The normalized spacial score (nSPS) is 20.9. The lowest BCUT2D eigenvalue weighted by atomic mass is 10.1. The average molecular weight is 1060 g/mol. The van der Waals surface area contributed by atoms with Crippen LogP contribution in [0.4, 0.5) is 9.59 Å². The van der Waals surface area contributed by atoms with E-state index in [0.29, 0.717) is 26.1 Å². The summed E-state index contributed by atoms with van der Waals surface area (Å²) in [7, 11) is 12.5. The van der Waals surface area contributed by atoms with Gasteiger partial charge in [-0.2, -0.15) is 0 Å². The van der Waals surface area contributed by atoms with Crippen LogP contribution in [0.1, 0.15) is 75.3 Å². The zero-order valence-electron chi connectivity index (χ0n) is 38.6. The molecule has 0 bridgehead atoms. The van der Waals surface area contributed by atoms with E-state index in [1.165, 1.54) is 75.7 Å². The van der Waals surface area contributed by atoms with Gasteiger partial charge < -0.3 is 39.7 Å². The van der Waals surface area contributed by atoms with Crippen molar-refractivity contribution < 1.29 is 58.7 Å².